The number of carbonyl (C=O) groups is 2. The molecule has 6 N–H and O–H groups in total. The Morgan fingerprint density at radius 1 is 1.22 bits per heavy atom. The fraction of sp³-hybridized carbons (Fsp3) is 0.400. The zero-order valence-electron chi connectivity index (χ0n) is 25.4. The number of fused-ring (bicyclic) bond motifs is 1. The second-order valence-electron chi connectivity index (χ2n) is 10.8. The van der Waals surface area contributed by atoms with E-state index in [0.717, 1.165) is 35.4 Å². The quantitative estimate of drug-likeness (QED) is 0.177. The van der Waals surface area contributed by atoms with Crippen molar-refractivity contribution in [3.8, 4) is 11.5 Å². The van der Waals surface area contributed by atoms with Crippen LogP contribution in [-0.4, -0.2) is 67.7 Å². The summed E-state index contributed by atoms with van der Waals surface area (Å²) < 4.78 is 16.2. The number of hydrogen-bond donors (Lipinski definition) is 4. The molecule has 0 unspecified atom stereocenters. The van der Waals surface area contributed by atoms with E-state index in [9.17, 15) is 14.7 Å². The third kappa shape index (κ3) is 6.86. The van der Waals surface area contributed by atoms with Gasteiger partial charge in [0.05, 0.1) is 19.2 Å². The fourth-order valence-electron chi connectivity index (χ4n) is 5.39. The van der Waals surface area contributed by atoms with Crippen LogP contribution in [0.4, 0.5) is 11.6 Å². The molecule has 0 saturated carbocycles. The number of hydrogen-bond acceptors (Lipinski definition) is 10. The predicted molar refractivity (Wildman–Crippen MR) is 166 cm³/mol. The van der Waals surface area contributed by atoms with Gasteiger partial charge >= 0.3 is 0 Å². The molecule has 4 heterocycles. The van der Waals surface area contributed by atoms with Gasteiger partial charge in [-0.15, -0.1) is 0 Å². The molecule has 15 heteroatoms. The second kappa shape index (κ2) is 13.5. The summed E-state index contributed by atoms with van der Waals surface area (Å²) in [5.74, 6) is 0.278. The van der Waals surface area contributed by atoms with E-state index in [-0.39, 0.29) is 59.9 Å². The number of aromatic nitrogens is 5. The smallest absolute Gasteiger partial charge is 0.277 e. The number of likely N-dealkylation sites (N-methyl/N-ethyl adjacent to an activating group) is 1. The minimum atomic E-state index is -0.558. The molecule has 2 amide bonds. The van der Waals surface area contributed by atoms with Crippen molar-refractivity contribution >= 4 is 46.1 Å². The number of nitrogens with one attached hydrogen (secondary N) is 1. The summed E-state index contributed by atoms with van der Waals surface area (Å²) in [6.07, 6.45) is 1.89. The molecule has 1 saturated heterocycles. The molecule has 0 spiro atoms. The normalized spacial score (nSPS) is 14.5. The maximum Gasteiger partial charge on any atom is 0.277 e. The number of para-hydroxylation sites is 1. The zero-order valence-corrected chi connectivity index (χ0v) is 26.2. The number of anilines is 2. The number of halogens is 1. The topological polar surface area (TPSA) is 188 Å². The van der Waals surface area contributed by atoms with E-state index in [1.807, 2.05) is 30.5 Å². The SMILES string of the molecule is CC[n+]1c(CNC(=O)c2nc(Cl)c(N)nc2N)n(C[C@@H]2CCCO2)c2cccc(OCC(=O)N(C)Cc3nc(C)ccc3O)c21. The van der Waals surface area contributed by atoms with Gasteiger partial charge in [0.2, 0.25) is 5.52 Å². The lowest BCUT2D eigenvalue weighted by atomic mass is 10.2. The number of carbonyl (C=O) groups excluding carboxylic acids is 2. The van der Waals surface area contributed by atoms with E-state index in [4.69, 9.17) is 32.5 Å². The lowest BCUT2D eigenvalue weighted by molar-refractivity contribution is -0.676. The summed E-state index contributed by atoms with van der Waals surface area (Å²) >= 11 is 6.00. The number of aromatic hydroxyl groups is 1. The number of nitrogens with two attached hydrogens (primary N) is 2. The van der Waals surface area contributed by atoms with E-state index in [1.54, 1.807) is 25.2 Å². The molecule has 1 fully saturated rings. The van der Waals surface area contributed by atoms with E-state index in [0.29, 0.717) is 31.1 Å². The minimum absolute atomic E-state index is 0.00391. The van der Waals surface area contributed by atoms with Crippen molar-refractivity contribution in [2.24, 2.45) is 0 Å². The number of ether oxygens (including phenoxy) is 2. The average Bonchev–Trinajstić information content (AvgIpc) is 3.64. The van der Waals surface area contributed by atoms with Crippen LogP contribution in [-0.2, 0) is 35.7 Å². The van der Waals surface area contributed by atoms with Crippen LogP contribution in [0.2, 0.25) is 5.15 Å². The lowest BCUT2D eigenvalue weighted by Gasteiger charge is -2.18. The van der Waals surface area contributed by atoms with Crippen molar-refractivity contribution in [3.05, 3.63) is 58.4 Å². The molecular formula is C30H37ClN9O5+. The van der Waals surface area contributed by atoms with Gasteiger partial charge in [0.25, 0.3) is 17.6 Å². The largest absolute Gasteiger partial charge is 0.506 e. The van der Waals surface area contributed by atoms with Gasteiger partial charge in [0, 0.05) is 19.3 Å². The maximum absolute atomic E-state index is 13.1. The van der Waals surface area contributed by atoms with Gasteiger partial charge in [-0.25, -0.2) is 19.1 Å². The van der Waals surface area contributed by atoms with Gasteiger partial charge in [-0.1, -0.05) is 17.7 Å². The number of benzene rings is 1. The maximum atomic E-state index is 13.1. The van der Waals surface area contributed by atoms with Gasteiger partial charge in [0.15, 0.2) is 40.4 Å². The predicted octanol–water partition coefficient (Wildman–Crippen LogP) is 2.11. The monoisotopic (exact) mass is 638 g/mol. The summed E-state index contributed by atoms with van der Waals surface area (Å²) in [6, 6.07) is 8.90. The van der Waals surface area contributed by atoms with Gasteiger partial charge in [-0.2, -0.15) is 0 Å². The Kier molecular flexibility index (Phi) is 9.54. The van der Waals surface area contributed by atoms with Crippen molar-refractivity contribution in [1.82, 2.24) is 29.7 Å². The Labute approximate surface area is 264 Å². The van der Waals surface area contributed by atoms with Crippen molar-refractivity contribution in [2.45, 2.75) is 59.0 Å². The molecule has 5 rings (SSSR count). The Morgan fingerprint density at radius 2 is 2.02 bits per heavy atom. The van der Waals surface area contributed by atoms with Gasteiger partial charge in [-0.05, 0) is 51.0 Å². The van der Waals surface area contributed by atoms with Crippen LogP contribution in [0.25, 0.3) is 11.0 Å². The summed E-state index contributed by atoms with van der Waals surface area (Å²) in [6.45, 7) is 5.62. The molecular weight excluding hydrogens is 602 g/mol. The van der Waals surface area contributed by atoms with Crippen LogP contribution in [0.3, 0.4) is 0 Å². The first-order valence-corrected chi connectivity index (χ1v) is 15.0. The number of imidazole rings is 1. The molecule has 1 aliphatic heterocycles. The Morgan fingerprint density at radius 3 is 2.76 bits per heavy atom. The van der Waals surface area contributed by atoms with Crippen molar-refractivity contribution in [2.75, 3.05) is 31.7 Å². The number of amides is 2. The number of pyridine rings is 1. The van der Waals surface area contributed by atoms with Crippen LogP contribution < -0.4 is 26.1 Å². The number of rotatable bonds is 11. The molecule has 238 valence electrons. The molecule has 0 bridgehead atoms. The number of nitrogens with zero attached hydrogens (tertiary/aromatic N) is 6. The van der Waals surface area contributed by atoms with E-state index in [2.05, 4.69) is 24.8 Å². The number of aryl methyl sites for hydroxylation is 2. The highest BCUT2D eigenvalue weighted by molar-refractivity contribution is 6.31. The van der Waals surface area contributed by atoms with Gasteiger partial charge < -0.3 is 36.3 Å². The Hall–Kier alpha value is -4.69. The molecule has 1 aromatic carbocycles. The molecule has 3 aromatic heterocycles. The molecule has 1 aliphatic rings. The second-order valence-corrected chi connectivity index (χ2v) is 11.2. The first kappa shape index (κ1) is 31.7. The molecule has 0 aliphatic carbocycles. The third-order valence-electron chi connectivity index (χ3n) is 7.67. The summed E-state index contributed by atoms with van der Waals surface area (Å²) in [7, 11) is 1.63. The van der Waals surface area contributed by atoms with Crippen LogP contribution in [0.1, 0.15) is 47.5 Å². The van der Waals surface area contributed by atoms with Crippen LogP contribution in [0.5, 0.6) is 11.5 Å². The molecule has 14 nitrogen and oxygen atoms in total. The summed E-state index contributed by atoms with van der Waals surface area (Å²) in [4.78, 5) is 39.9. The van der Waals surface area contributed by atoms with Crippen molar-refractivity contribution < 1.29 is 28.7 Å². The first-order valence-electron chi connectivity index (χ1n) is 14.6. The third-order valence-corrected chi connectivity index (χ3v) is 7.95. The minimum Gasteiger partial charge on any atom is -0.506 e. The van der Waals surface area contributed by atoms with Crippen LogP contribution in [0, 0.1) is 6.92 Å². The van der Waals surface area contributed by atoms with Crippen molar-refractivity contribution in [1.29, 1.82) is 0 Å². The van der Waals surface area contributed by atoms with Crippen LogP contribution in [0.15, 0.2) is 30.3 Å². The van der Waals surface area contributed by atoms with E-state index in [1.165, 1.54) is 4.90 Å². The van der Waals surface area contributed by atoms with Gasteiger partial charge in [-0.3, -0.25) is 14.6 Å². The van der Waals surface area contributed by atoms with Crippen LogP contribution >= 0.6 is 11.6 Å². The first-order chi connectivity index (χ1) is 21.6. The zero-order chi connectivity index (χ0) is 32.2. The van der Waals surface area contributed by atoms with E-state index >= 15 is 0 Å². The highest BCUT2D eigenvalue weighted by Crippen LogP contribution is 2.27. The summed E-state index contributed by atoms with van der Waals surface area (Å²) in [5, 5.41) is 12.9. The van der Waals surface area contributed by atoms with Crippen molar-refractivity contribution in [3.63, 3.8) is 0 Å². The molecule has 0 radical (unpaired) electrons. The highest BCUT2D eigenvalue weighted by Gasteiger charge is 2.31. The standard InChI is InChI=1S/C30H36ClN9O5/c1-4-39-23(13-34-30(43)25-28(32)37-29(33)27(31)36-25)40(14-18-7-6-12-44-18)20-8-5-9-22(26(20)39)45-16-24(42)38(3)15-19-21(41)11-10-17(2)35-19/h5,8-11,18H,4,6-7,12-16H2,1-3H3,(H5-,32,33,34,37,41,43)/p+1/t18-/m0/s1. The van der Waals surface area contributed by atoms with Gasteiger partial charge in [0.1, 0.15) is 24.5 Å². The fourth-order valence-corrected chi connectivity index (χ4v) is 5.52. The highest BCUT2D eigenvalue weighted by atomic mass is 35.5. The lowest BCUT2D eigenvalue weighted by Crippen LogP contribution is -2.41. The molecule has 4 aromatic rings. The summed E-state index contributed by atoms with van der Waals surface area (Å²) in [5.41, 5.74) is 14.2. The van der Waals surface area contributed by atoms with E-state index < -0.39 is 5.91 Å². The number of nitrogen functional groups attached to an aromatic ring is 2. The Bertz CT molecular complexity index is 1740. The Balaban J connectivity index is 1.42. The molecule has 1 atom stereocenters. The molecule has 45 heavy (non-hydrogen) atoms. The average molecular weight is 639 g/mol.